The van der Waals surface area contributed by atoms with Crippen LogP contribution >= 0.6 is 0 Å². The normalized spacial score (nSPS) is 18.4. The van der Waals surface area contributed by atoms with Crippen LogP contribution in [0.25, 0.3) is 0 Å². The molecule has 1 heteroatoms. The Bertz CT molecular complexity index is 391. The summed E-state index contributed by atoms with van der Waals surface area (Å²) in [5.74, 6) is 0.906. The predicted octanol–water partition coefficient (Wildman–Crippen LogP) is 5.27. The van der Waals surface area contributed by atoms with E-state index in [-0.39, 0.29) is 0 Å². The molecule has 0 saturated heterocycles. The second kappa shape index (κ2) is 9.25. The van der Waals surface area contributed by atoms with Crippen LogP contribution in [-0.4, -0.2) is 12.6 Å². The second-order valence-corrected chi connectivity index (χ2v) is 6.84. The minimum atomic E-state index is 0.726. The average Bonchev–Trinajstić information content (AvgIpc) is 2.77. The molecule has 1 unspecified atom stereocenters. The minimum absolute atomic E-state index is 0.726. The molecule has 1 saturated carbocycles. The van der Waals surface area contributed by atoms with Gasteiger partial charge in [-0.25, -0.2) is 0 Å². The van der Waals surface area contributed by atoms with Crippen molar-refractivity contribution in [1.82, 2.24) is 5.32 Å². The van der Waals surface area contributed by atoms with Crippen LogP contribution < -0.4 is 5.32 Å². The van der Waals surface area contributed by atoms with Crippen LogP contribution in [0.4, 0.5) is 0 Å². The summed E-state index contributed by atoms with van der Waals surface area (Å²) in [6.45, 7) is 5.65. The maximum atomic E-state index is 3.85. The number of aryl methyl sites for hydroxylation is 2. The van der Waals surface area contributed by atoms with Crippen molar-refractivity contribution < 1.29 is 0 Å². The fourth-order valence-corrected chi connectivity index (χ4v) is 3.74. The Kier molecular flexibility index (Phi) is 7.29. The largest absolute Gasteiger partial charge is 0.314 e. The minimum Gasteiger partial charge on any atom is -0.314 e. The van der Waals surface area contributed by atoms with E-state index < -0.39 is 0 Å². The van der Waals surface area contributed by atoms with Crippen LogP contribution in [0, 0.1) is 12.8 Å². The molecule has 118 valence electrons. The molecule has 2 rings (SSSR count). The van der Waals surface area contributed by atoms with Crippen molar-refractivity contribution in [3.05, 3.63) is 35.4 Å². The molecule has 1 aromatic carbocycles. The van der Waals surface area contributed by atoms with Gasteiger partial charge in [0.25, 0.3) is 0 Å². The van der Waals surface area contributed by atoms with Gasteiger partial charge in [-0.2, -0.15) is 0 Å². The molecule has 1 aromatic rings. The first kappa shape index (κ1) is 16.5. The summed E-state index contributed by atoms with van der Waals surface area (Å²) in [6, 6.07) is 9.76. The summed E-state index contributed by atoms with van der Waals surface area (Å²) in [6.07, 6.45) is 12.4. The van der Waals surface area contributed by atoms with E-state index in [0.717, 1.165) is 12.0 Å². The van der Waals surface area contributed by atoms with E-state index in [4.69, 9.17) is 0 Å². The maximum absolute atomic E-state index is 3.85. The third-order valence-corrected chi connectivity index (χ3v) is 4.95. The van der Waals surface area contributed by atoms with E-state index >= 15 is 0 Å². The molecule has 1 atom stereocenters. The van der Waals surface area contributed by atoms with E-state index in [9.17, 15) is 0 Å². The monoisotopic (exact) mass is 287 g/mol. The smallest absolute Gasteiger partial charge is 0.00984 e. The first-order valence-corrected chi connectivity index (χ1v) is 9.08. The summed E-state index contributed by atoms with van der Waals surface area (Å²) < 4.78 is 0. The lowest BCUT2D eigenvalue weighted by Crippen LogP contribution is -2.37. The van der Waals surface area contributed by atoms with Crippen LogP contribution in [0.3, 0.4) is 0 Å². The number of nitrogens with one attached hydrogen (secondary N) is 1. The fraction of sp³-hybridized carbons (Fsp3) is 0.700. The second-order valence-electron chi connectivity index (χ2n) is 6.84. The zero-order chi connectivity index (χ0) is 14.9. The van der Waals surface area contributed by atoms with Gasteiger partial charge in [-0.1, -0.05) is 62.4 Å². The molecular formula is C20H33N. The van der Waals surface area contributed by atoms with Gasteiger partial charge in [0.1, 0.15) is 0 Å². The Labute approximate surface area is 131 Å². The van der Waals surface area contributed by atoms with Crippen LogP contribution in [0.2, 0.25) is 0 Å². The molecule has 21 heavy (non-hydrogen) atoms. The van der Waals surface area contributed by atoms with E-state index in [1.807, 2.05) is 0 Å². The number of hydrogen-bond acceptors (Lipinski definition) is 1. The van der Waals surface area contributed by atoms with Crippen molar-refractivity contribution in [3.63, 3.8) is 0 Å². The number of rotatable bonds is 7. The van der Waals surface area contributed by atoms with Gasteiger partial charge in [0.2, 0.25) is 0 Å². The van der Waals surface area contributed by atoms with E-state index in [0.29, 0.717) is 0 Å². The highest BCUT2D eigenvalue weighted by molar-refractivity contribution is 5.22. The van der Waals surface area contributed by atoms with Crippen molar-refractivity contribution in [2.75, 3.05) is 6.54 Å². The molecule has 0 bridgehead atoms. The highest BCUT2D eigenvalue weighted by Crippen LogP contribution is 2.27. The van der Waals surface area contributed by atoms with Crippen LogP contribution in [-0.2, 0) is 6.42 Å². The Morgan fingerprint density at radius 3 is 2.57 bits per heavy atom. The molecule has 0 aromatic heterocycles. The molecule has 0 heterocycles. The highest BCUT2D eigenvalue weighted by Gasteiger charge is 2.21. The Morgan fingerprint density at radius 1 is 1.14 bits per heavy atom. The fourth-order valence-electron chi connectivity index (χ4n) is 3.74. The molecule has 0 radical (unpaired) electrons. The summed E-state index contributed by atoms with van der Waals surface area (Å²) >= 11 is 0. The van der Waals surface area contributed by atoms with Crippen molar-refractivity contribution in [1.29, 1.82) is 0 Å². The zero-order valence-electron chi connectivity index (χ0n) is 14.0. The summed E-state index contributed by atoms with van der Waals surface area (Å²) in [4.78, 5) is 0. The lowest BCUT2D eigenvalue weighted by atomic mass is 9.87. The first-order chi connectivity index (χ1) is 10.3. The van der Waals surface area contributed by atoms with Crippen LogP contribution in [0.5, 0.6) is 0 Å². The van der Waals surface area contributed by atoms with Crippen LogP contribution in [0.15, 0.2) is 24.3 Å². The van der Waals surface area contributed by atoms with E-state index in [1.54, 1.807) is 0 Å². The molecule has 0 spiro atoms. The maximum Gasteiger partial charge on any atom is 0.00984 e. The SMILES string of the molecule is CCCNC(CCc1cccc(C)c1)C1CCCCCC1. The van der Waals surface area contributed by atoms with Gasteiger partial charge in [0.15, 0.2) is 0 Å². The van der Waals surface area contributed by atoms with E-state index in [2.05, 4.69) is 43.4 Å². The van der Waals surface area contributed by atoms with Gasteiger partial charge < -0.3 is 5.32 Å². The molecule has 1 fully saturated rings. The average molecular weight is 287 g/mol. The highest BCUT2D eigenvalue weighted by atomic mass is 14.9. The molecule has 1 aliphatic rings. The summed E-state index contributed by atoms with van der Waals surface area (Å²) in [7, 11) is 0. The number of hydrogen-bond donors (Lipinski definition) is 1. The quantitative estimate of drug-likeness (QED) is 0.674. The summed E-state index contributed by atoms with van der Waals surface area (Å²) in [5, 5.41) is 3.85. The van der Waals surface area contributed by atoms with Gasteiger partial charge in [-0.3, -0.25) is 0 Å². The van der Waals surface area contributed by atoms with Gasteiger partial charge in [0, 0.05) is 6.04 Å². The Hall–Kier alpha value is -0.820. The van der Waals surface area contributed by atoms with Crippen molar-refractivity contribution >= 4 is 0 Å². The lowest BCUT2D eigenvalue weighted by molar-refractivity contribution is 0.305. The third-order valence-electron chi connectivity index (χ3n) is 4.95. The molecular weight excluding hydrogens is 254 g/mol. The zero-order valence-corrected chi connectivity index (χ0v) is 14.0. The molecule has 0 amide bonds. The van der Waals surface area contributed by atoms with Gasteiger partial charge >= 0.3 is 0 Å². The molecule has 1 nitrogen and oxygen atoms in total. The lowest BCUT2D eigenvalue weighted by Gasteiger charge is -2.27. The Balaban J connectivity index is 1.91. The number of benzene rings is 1. The predicted molar refractivity (Wildman–Crippen MR) is 92.8 cm³/mol. The van der Waals surface area contributed by atoms with Crippen molar-refractivity contribution in [2.24, 2.45) is 5.92 Å². The standard InChI is InChI=1S/C20H33N/c1-3-15-21-20(19-11-6-4-5-7-12-19)14-13-18-10-8-9-17(2)16-18/h8-10,16,19-21H,3-7,11-15H2,1-2H3. The topological polar surface area (TPSA) is 12.0 Å². The van der Waals surface area contributed by atoms with Gasteiger partial charge in [0.05, 0.1) is 0 Å². The third kappa shape index (κ3) is 5.82. The van der Waals surface area contributed by atoms with E-state index in [1.165, 1.54) is 75.5 Å². The Morgan fingerprint density at radius 2 is 1.90 bits per heavy atom. The van der Waals surface area contributed by atoms with Crippen molar-refractivity contribution in [3.8, 4) is 0 Å². The molecule has 1 N–H and O–H groups in total. The first-order valence-electron chi connectivity index (χ1n) is 9.08. The molecule has 0 aliphatic heterocycles. The van der Waals surface area contributed by atoms with Crippen LogP contribution in [0.1, 0.15) is 69.4 Å². The van der Waals surface area contributed by atoms with Crippen molar-refractivity contribution in [2.45, 2.75) is 77.7 Å². The summed E-state index contributed by atoms with van der Waals surface area (Å²) in [5.41, 5.74) is 2.90. The molecule has 1 aliphatic carbocycles. The van der Waals surface area contributed by atoms with Gasteiger partial charge in [-0.05, 0) is 57.1 Å². The van der Waals surface area contributed by atoms with Gasteiger partial charge in [-0.15, -0.1) is 0 Å².